The molecule has 0 spiro atoms. The second kappa shape index (κ2) is 10.7. The van der Waals surface area contributed by atoms with E-state index in [9.17, 15) is 13.2 Å². The quantitative estimate of drug-likeness (QED) is 0.313. The number of hydrogen-bond donors (Lipinski definition) is 0. The molecule has 3 aromatic carbocycles. The standard InChI is InChI=1S/C27H28N2O4S/c1-2-33-27(30)13-12-24-11-9-22(20-29-16-5-15-28-29)19-26(24)34(31,32)17-14-21-8-10-23-6-3-4-7-25(23)18-21/h3-11,15-16,18-19H,2,12-14,17,20H2,1H3. The maximum Gasteiger partial charge on any atom is 0.306 e. The first-order valence-electron chi connectivity index (χ1n) is 11.4. The van der Waals surface area contributed by atoms with Crippen molar-refractivity contribution in [3.05, 3.63) is 95.8 Å². The Morgan fingerprint density at radius 2 is 1.74 bits per heavy atom. The highest BCUT2D eigenvalue weighted by atomic mass is 32.2. The third-order valence-electron chi connectivity index (χ3n) is 5.75. The van der Waals surface area contributed by atoms with Gasteiger partial charge in [0.25, 0.3) is 0 Å². The van der Waals surface area contributed by atoms with Gasteiger partial charge in [-0.25, -0.2) is 8.42 Å². The molecule has 176 valence electrons. The van der Waals surface area contributed by atoms with Crippen molar-refractivity contribution in [3.63, 3.8) is 0 Å². The van der Waals surface area contributed by atoms with Crippen LogP contribution in [0.1, 0.15) is 30.0 Å². The maximum atomic E-state index is 13.5. The van der Waals surface area contributed by atoms with Gasteiger partial charge in [-0.2, -0.15) is 5.10 Å². The highest BCUT2D eigenvalue weighted by molar-refractivity contribution is 7.91. The van der Waals surface area contributed by atoms with Gasteiger partial charge in [0, 0.05) is 18.8 Å². The Bertz CT molecular complexity index is 1380. The van der Waals surface area contributed by atoms with Gasteiger partial charge < -0.3 is 4.74 Å². The molecule has 0 unspecified atom stereocenters. The molecule has 0 radical (unpaired) electrons. The number of ether oxygens (including phenoxy) is 1. The van der Waals surface area contributed by atoms with E-state index in [2.05, 4.69) is 5.10 Å². The van der Waals surface area contributed by atoms with E-state index in [0.717, 1.165) is 21.9 Å². The molecule has 0 aliphatic carbocycles. The van der Waals surface area contributed by atoms with Gasteiger partial charge in [-0.3, -0.25) is 9.48 Å². The zero-order chi connectivity index (χ0) is 24.0. The number of benzene rings is 3. The van der Waals surface area contributed by atoms with Gasteiger partial charge in [0.2, 0.25) is 0 Å². The molecule has 0 saturated heterocycles. The number of nitrogens with zero attached hydrogens (tertiary/aromatic N) is 2. The van der Waals surface area contributed by atoms with Crippen LogP contribution in [0.15, 0.2) is 84.0 Å². The molecule has 0 bridgehead atoms. The van der Waals surface area contributed by atoms with Crippen LogP contribution in [0.5, 0.6) is 0 Å². The summed E-state index contributed by atoms with van der Waals surface area (Å²) < 4.78 is 33.7. The summed E-state index contributed by atoms with van der Waals surface area (Å²) in [4.78, 5) is 12.2. The number of fused-ring (bicyclic) bond motifs is 1. The van der Waals surface area contributed by atoms with E-state index in [1.807, 2.05) is 60.8 Å². The SMILES string of the molecule is CCOC(=O)CCc1ccc(Cn2cccn2)cc1S(=O)(=O)CCc1ccc2ccccc2c1. The lowest BCUT2D eigenvalue weighted by Crippen LogP contribution is -2.14. The van der Waals surface area contributed by atoms with Crippen LogP contribution in [0.4, 0.5) is 0 Å². The Labute approximate surface area is 200 Å². The zero-order valence-corrected chi connectivity index (χ0v) is 20.0. The first kappa shape index (κ1) is 23.7. The van der Waals surface area contributed by atoms with Crippen LogP contribution in [0, 0.1) is 0 Å². The van der Waals surface area contributed by atoms with E-state index in [1.165, 1.54) is 0 Å². The second-order valence-electron chi connectivity index (χ2n) is 8.20. The average Bonchev–Trinajstić information content (AvgIpc) is 3.35. The monoisotopic (exact) mass is 476 g/mol. The number of aryl methyl sites for hydroxylation is 2. The fraction of sp³-hybridized carbons (Fsp3) is 0.259. The molecular weight excluding hydrogens is 448 g/mol. The lowest BCUT2D eigenvalue weighted by atomic mass is 10.1. The zero-order valence-electron chi connectivity index (χ0n) is 19.2. The number of carbonyl (C=O) groups excluding carboxylic acids is 1. The molecule has 0 amide bonds. The van der Waals surface area contributed by atoms with E-state index in [-0.39, 0.29) is 23.0 Å². The minimum atomic E-state index is -3.59. The molecule has 0 aliphatic heterocycles. The minimum Gasteiger partial charge on any atom is -0.466 e. The van der Waals surface area contributed by atoms with E-state index in [4.69, 9.17) is 4.74 Å². The molecule has 4 rings (SSSR count). The predicted molar refractivity (Wildman–Crippen MR) is 132 cm³/mol. The minimum absolute atomic E-state index is 0.0109. The second-order valence-corrected chi connectivity index (χ2v) is 10.3. The van der Waals surface area contributed by atoms with E-state index < -0.39 is 9.84 Å². The molecule has 7 heteroatoms. The Hall–Kier alpha value is -3.45. The van der Waals surface area contributed by atoms with Crippen molar-refractivity contribution in [2.75, 3.05) is 12.4 Å². The van der Waals surface area contributed by atoms with Crippen LogP contribution >= 0.6 is 0 Å². The van der Waals surface area contributed by atoms with Crippen LogP contribution in [-0.4, -0.2) is 36.5 Å². The number of esters is 1. The van der Waals surface area contributed by atoms with Crippen molar-refractivity contribution >= 4 is 26.6 Å². The number of aromatic nitrogens is 2. The van der Waals surface area contributed by atoms with Gasteiger partial charge in [-0.05, 0) is 59.4 Å². The lowest BCUT2D eigenvalue weighted by molar-refractivity contribution is -0.143. The van der Waals surface area contributed by atoms with Gasteiger partial charge in [0.05, 0.1) is 23.8 Å². The van der Waals surface area contributed by atoms with Gasteiger partial charge in [0.1, 0.15) is 0 Å². The summed E-state index contributed by atoms with van der Waals surface area (Å²) >= 11 is 0. The van der Waals surface area contributed by atoms with Gasteiger partial charge in [-0.1, -0.05) is 54.6 Å². The summed E-state index contributed by atoms with van der Waals surface area (Å²) in [6.45, 7) is 2.53. The van der Waals surface area contributed by atoms with Crippen molar-refractivity contribution in [2.45, 2.75) is 37.6 Å². The molecule has 0 atom stereocenters. The Balaban J connectivity index is 1.58. The van der Waals surface area contributed by atoms with Crippen LogP contribution in [0.2, 0.25) is 0 Å². The molecule has 1 heterocycles. The normalized spacial score (nSPS) is 11.6. The highest BCUT2D eigenvalue weighted by Crippen LogP contribution is 2.23. The third kappa shape index (κ3) is 5.91. The molecule has 1 aromatic heterocycles. The topological polar surface area (TPSA) is 78.3 Å². The summed E-state index contributed by atoms with van der Waals surface area (Å²) in [7, 11) is -3.59. The van der Waals surface area contributed by atoms with Crippen LogP contribution in [0.25, 0.3) is 10.8 Å². The van der Waals surface area contributed by atoms with Crippen LogP contribution < -0.4 is 0 Å². The predicted octanol–water partition coefficient (Wildman–Crippen LogP) is 4.60. The number of sulfone groups is 1. The van der Waals surface area contributed by atoms with Crippen molar-refractivity contribution in [3.8, 4) is 0 Å². The number of rotatable bonds is 10. The molecule has 4 aromatic rings. The van der Waals surface area contributed by atoms with Gasteiger partial charge >= 0.3 is 5.97 Å². The van der Waals surface area contributed by atoms with E-state index in [1.54, 1.807) is 29.9 Å². The molecule has 34 heavy (non-hydrogen) atoms. The van der Waals surface area contributed by atoms with Crippen molar-refractivity contribution in [1.29, 1.82) is 0 Å². The van der Waals surface area contributed by atoms with E-state index in [0.29, 0.717) is 31.6 Å². The number of carbonyl (C=O) groups is 1. The Kier molecular flexibility index (Phi) is 7.43. The Morgan fingerprint density at radius 1 is 0.941 bits per heavy atom. The summed E-state index contributed by atoms with van der Waals surface area (Å²) in [5, 5.41) is 6.43. The lowest BCUT2D eigenvalue weighted by Gasteiger charge is -2.13. The maximum absolute atomic E-state index is 13.5. The van der Waals surface area contributed by atoms with Crippen molar-refractivity contribution in [1.82, 2.24) is 9.78 Å². The van der Waals surface area contributed by atoms with Crippen molar-refractivity contribution in [2.24, 2.45) is 0 Å². The molecule has 6 nitrogen and oxygen atoms in total. The number of hydrogen-bond acceptors (Lipinski definition) is 5. The molecular formula is C27H28N2O4S. The fourth-order valence-corrected chi connectivity index (χ4v) is 5.63. The van der Waals surface area contributed by atoms with Crippen LogP contribution in [-0.2, 0) is 38.8 Å². The summed E-state index contributed by atoms with van der Waals surface area (Å²) in [5.41, 5.74) is 2.45. The highest BCUT2D eigenvalue weighted by Gasteiger charge is 2.20. The van der Waals surface area contributed by atoms with E-state index >= 15 is 0 Å². The molecule has 0 saturated carbocycles. The average molecular weight is 477 g/mol. The van der Waals surface area contributed by atoms with Crippen molar-refractivity contribution < 1.29 is 17.9 Å². The summed E-state index contributed by atoms with van der Waals surface area (Å²) in [6, 6.07) is 21.3. The largest absolute Gasteiger partial charge is 0.466 e. The third-order valence-corrected chi connectivity index (χ3v) is 7.54. The first-order valence-corrected chi connectivity index (χ1v) is 13.0. The Morgan fingerprint density at radius 3 is 2.50 bits per heavy atom. The summed E-state index contributed by atoms with van der Waals surface area (Å²) in [6.07, 6.45) is 4.39. The smallest absolute Gasteiger partial charge is 0.306 e. The molecule has 0 aliphatic rings. The van der Waals surface area contributed by atoms with Gasteiger partial charge in [-0.15, -0.1) is 0 Å². The van der Waals surface area contributed by atoms with Gasteiger partial charge in [0.15, 0.2) is 9.84 Å². The first-order chi connectivity index (χ1) is 16.4. The summed E-state index contributed by atoms with van der Waals surface area (Å²) in [5.74, 6) is -0.342. The molecule has 0 N–H and O–H groups in total. The van der Waals surface area contributed by atoms with Crippen LogP contribution in [0.3, 0.4) is 0 Å². The molecule has 0 fully saturated rings. The fourth-order valence-electron chi connectivity index (χ4n) is 4.00.